The van der Waals surface area contributed by atoms with Crippen molar-refractivity contribution >= 4 is 53.2 Å². The van der Waals surface area contributed by atoms with E-state index in [1.54, 1.807) is 0 Å². The number of thiophene rings is 1. The number of rotatable bonds is 7. The molecule has 4 nitrogen and oxygen atoms in total. The first-order valence-electron chi connectivity index (χ1n) is 20.9. The maximum absolute atomic E-state index is 5.49. The van der Waals surface area contributed by atoms with Crippen molar-refractivity contribution in [2.24, 2.45) is 0 Å². The van der Waals surface area contributed by atoms with Gasteiger partial charge in [-0.15, -0.1) is 11.3 Å². The van der Waals surface area contributed by atoms with Crippen LogP contribution in [0, 0.1) is 0 Å². The number of hydrogen-bond acceptors (Lipinski definition) is 4. The predicted octanol–water partition coefficient (Wildman–Crippen LogP) is 15.3. The minimum Gasteiger partial charge on any atom is -0.232 e. The molecule has 5 heteroatoms. The van der Waals surface area contributed by atoms with Crippen molar-refractivity contribution in [1.29, 1.82) is 0 Å². The largest absolute Gasteiger partial charge is 0.232 e. The summed E-state index contributed by atoms with van der Waals surface area (Å²) in [4.78, 5) is 10.8. The van der Waals surface area contributed by atoms with Crippen LogP contribution in [0.5, 0.6) is 0 Å². The van der Waals surface area contributed by atoms with Gasteiger partial charge in [0.05, 0.1) is 22.6 Å². The van der Waals surface area contributed by atoms with E-state index in [4.69, 9.17) is 15.1 Å². The molecule has 0 N–H and O–H groups in total. The van der Waals surface area contributed by atoms with Crippen molar-refractivity contribution in [2.45, 2.75) is 0 Å². The third-order valence-corrected chi connectivity index (χ3v) is 13.1. The average molecular weight is 809 g/mol. The lowest BCUT2D eigenvalue weighted by Gasteiger charge is -2.18. The molecule has 0 aliphatic heterocycles. The summed E-state index contributed by atoms with van der Waals surface area (Å²) in [5.74, 6) is 0.670. The maximum atomic E-state index is 5.49. The molecule has 0 saturated heterocycles. The zero-order chi connectivity index (χ0) is 41.0. The molecule has 3 heterocycles. The Morgan fingerprint density at radius 2 is 0.952 bits per heavy atom. The third-order valence-electron chi connectivity index (χ3n) is 11.9. The second-order valence-corrected chi connectivity index (χ2v) is 16.6. The van der Waals surface area contributed by atoms with Crippen LogP contribution < -0.4 is 0 Å². The van der Waals surface area contributed by atoms with E-state index in [-0.39, 0.29) is 0 Å². The smallest absolute Gasteiger partial charge is 0.160 e. The van der Waals surface area contributed by atoms with E-state index in [0.717, 1.165) is 77.8 Å². The molecule has 0 atom stereocenters. The lowest BCUT2D eigenvalue weighted by atomic mass is 9.86. The van der Waals surface area contributed by atoms with E-state index in [1.165, 1.54) is 31.3 Å². The molecular formula is C57H36N4S. The lowest BCUT2D eigenvalue weighted by Crippen LogP contribution is -2.00. The van der Waals surface area contributed by atoms with E-state index < -0.39 is 0 Å². The monoisotopic (exact) mass is 808 g/mol. The number of hydrogen-bond donors (Lipinski definition) is 0. The van der Waals surface area contributed by atoms with Gasteiger partial charge in [-0.25, -0.2) is 14.6 Å². The van der Waals surface area contributed by atoms with Gasteiger partial charge in [-0.2, -0.15) is 5.10 Å². The summed E-state index contributed by atoms with van der Waals surface area (Å²) in [6.45, 7) is 0. The molecule has 0 radical (unpaired) electrons. The number of fused-ring (bicyclic) bond motifs is 6. The van der Waals surface area contributed by atoms with Crippen molar-refractivity contribution in [1.82, 2.24) is 19.7 Å². The average Bonchev–Trinajstić information content (AvgIpc) is 3.95. The Kier molecular flexibility index (Phi) is 8.65. The van der Waals surface area contributed by atoms with Gasteiger partial charge in [0.15, 0.2) is 5.82 Å². The second kappa shape index (κ2) is 14.9. The lowest BCUT2D eigenvalue weighted by molar-refractivity contribution is 0.918. The minimum atomic E-state index is 0.670. The zero-order valence-corrected chi connectivity index (χ0v) is 34.3. The van der Waals surface area contributed by atoms with Crippen LogP contribution in [-0.4, -0.2) is 19.7 Å². The highest BCUT2D eigenvalue weighted by Gasteiger charge is 2.27. The molecule has 0 fully saturated rings. The molecule has 290 valence electrons. The maximum Gasteiger partial charge on any atom is 0.160 e. The minimum absolute atomic E-state index is 0.670. The molecule has 3 aromatic heterocycles. The highest BCUT2D eigenvalue weighted by Crippen LogP contribution is 2.48. The number of benzene rings is 9. The van der Waals surface area contributed by atoms with Gasteiger partial charge in [-0.3, -0.25) is 0 Å². The first kappa shape index (κ1) is 35.9. The van der Waals surface area contributed by atoms with Gasteiger partial charge < -0.3 is 0 Å². The van der Waals surface area contributed by atoms with Gasteiger partial charge in [-0.05, 0) is 46.3 Å². The van der Waals surface area contributed by atoms with Crippen molar-refractivity contribution in [3.8, 4) is 73.1 Å². The third kappa shape index (κ3) is 6.01. The van der Waals surface area contributed by atoms with Gasteiger partial charge in [0.1, 0.15) is 5.69 Å². The van der Waals surface area contributed by atoms with Gasteiger partial charge in [-0.1, -0.05) is 194 Å². The molecular weight excluding hydrogens is 773 g/mol. The van der Waals surface area contributed by atoms with Crippen LogP contribution in [0.15, 0.2) is 218 Å². The molecule has 12 rings (SSSR count). The first-order valence-corrected chi connectivity index (χ1v) is 21.7. The molecule has 0 unspecified atom stereocenters. The Labute approximate surface area is 362 Å². The molecule has 62 heavy (non-hydrogen) atoms. The summed E-state index contributed by atoms with van der Waals surface area (Å²) < 4.78 is 4.73. The molecule has 0 bridgehead atoms. The topological polar surface area (TPSA) is 43.6 Å². The summed E-state index contributed by atoms with van der Waals surface area (Å²) in [6, 6.07) is 77.1. The fraction of sp³-hybridized carbons (Fsp3) is 0. The fourth-order valence-corrected chi connectivity index (χ4v) is 10.3. The highest BCUT2D eigenvalue weighted by atomic mass is 32.1. The van der Waals surface area contributed by atoms with Crippen LogP contribution in [0.25, 0.3) is 115 Å². The Morgan fingerprint density at radius 3 is 1.68 bits per heavy atom. The molecule has 0 aliphatic carbocycles. The van der Waals surface area contributed by atoms with E-state index in [1.807, 2.05) is 17.4 Å². The quantitative estimate of drug-likeness (QED) is 0.161. The Hall–Kier alpha value is -7.99. The van der Waals surface area contributed by atoms with Crippen molar-refractivity contribution < 1.29 is 0 Å². The van der Waals surface area contributed by atoms with Gasteiger partial charge in [0, 0.05) is 58.8 Å². The number of nitrogens with zero attached hydrogens (tertiary/aromatic N) is 4. The van der Waals surface area contributed by atoms with E-state index in [2.05, 4.69) is 217 Å². The normalized spacial score (nSPS) is 11.5. The standard InChI is InChI=1S/C57H36N4S/c1-5-18-39(19-6-1)51-52(45-27-13-14-28-46(45)55-53(51)54(40-20-7-2-8-21-40)60-61(55)42-24-11-4-12-25-42)49-36-48(58-57(59-49)41-22-9-3-10-23-41)38-34-32-37(33-35-38)43-29-17-30-47-44-26-15-16-31-50(44)62-56(43)47/h1-36H. The molecule has 0 spiro atoms. The van der Waals surface area contributed by atoms with E-state index in [0.29, 0.717) is 5.82 Å². The molecule has 12 aromatic rings. The Balaban J connectivity index is 1.14. The Morgan fingerprint density at radius 1 is 0.387 bits per heavy atom. The van der Waals surface area contributed by atoms with Crippen molar-refractivity contribution in [3.05, 3.63) is 218 Å². The van der Waals surface area contributed by atoms with Gasteiger partial charge in [0.2, 0.25) is 0 Å². The van der Waals surface area contributed by atoms with Gasteiger partial charge in [0.25, 0.3) is 0 Å². The fourth-order valence-electron chi connectivity index (χ4n) is 9.02. The second-order valence-electron chi connectivity index (χ2n) is 15.5. The summed E-state index contributed by atoms with van der Waals surface area (Å²) in [6.07, 6.45) is 0. The van der Waals surface area contributed by atoms with Crippen LogP contribution in [0.4, 0.5) is 0 Å². The number of para-hydroxylation sites is 1. The zero-order valence-electron chi connectivity index (χ0n) is 33.5. The van der Waals surface area contributed by atoms with E-state index in [9.17, 15) is 0 Å². The number of aromatic nitrogens is 4. The van der Waals surface area contributed by atoms with Gasteiger partial charge >= 0.3 is 0 Å². The van der Waals surface area contributed by atoms with Crippen LogP contribution in [0.3, 0.4) is 0 Å². The van der Waals surface area contributed by atoms with Crippen molar-refractivity contribution in [2.75, 3.05) is 0 Å². The molecule has 9 aromatic carbocycles. The van der Waals surface area contributed by atoms with Crippen LogP contribution in [-0.2, 0) is 0 Å². The molecule has 0 saturated carbocycles. The first-order chi connectivity index (χ1) is 30.8. The predicted molar refractivity (Wildman–Crippen MR) is 260 cm³/mol. The summed E-state index contributed by atoms with van der Waals surface area (Å²) in [5.41, 5.74) is 13.3. The van der Waals surface area contributed by atoms with Crippen LogP contribution >= 0.6 is 11.3 Å². The SMILES string of the molecule is c1ccc(-c2nc(-c3ccc(-c4cccc5c4sc4ccccc45)cc3)cc(-c3c(-c4ccccc4)c4c(-c5ccccc5)nn(-c5ccccc5)c4c4ccccc34)n2)cc1. The molecule has 0 amide bonds. The summed E-state index contributed by atoms with van der Waals surface area (Å²) in [5, 5.41) is 11.3. The van der Waals surface area contributed by atoms with Crippen LogP contribution in [0.1, 0.15) is 0 Å². The van der Waals surface area contributed by atoms with Crippen molar-refractivity contribution in [3.63, 3.8) is 0 Å². The summed E-state index contributed by atoms with van der Waals surface area (Å²) >= 11 is 1.86. The van der Waals surface area contributed by atoms with E-state index >= 15 is 0 Å². The van der Waals surface area contributed by atoms with Crippen LogP contribution in [0.2, 0.25) is 0 Å². The summed E-state index contributed by atoms with van der Waals surface area (Å²) in [7, 11) is 0. The highest BCUT2D eigenvalue weighted by molar-refractivity contribution is 7.26. The Bertz CT molecular complexity index is 3600. The molecule has 0 aliphatic rings.